The number of carbonyl (C=O) groups is 1. The van der Waals surface area contributed by atoms with Crippen LogP contribution in [-0.2, 0) is 0 Å². The van der Waals surface area contributed by atoms with Crippen molar-refractivity contribution in [2.45, 2.75) is 6.92 Å². The van der Waals surface area contributed by atoms with Gasteiger partial charge in [0, 0.05) is 11.8 Å². The van der Waals surface area contributed by atoms with Crippen LogP contribution in [0.25, 0.3) is 10.2 Å². The fourth-order valence-corrected chi connectivity index (χ4v) is 3.01. The van der Waals surface area contributed by atoms with E-state index >= 15 is 0 Å². The average molecular weight is 314 g/mol. The van der Waals surface area contributed by atoms with E-state index in [1.807, 2.05) is 19.1 Å². The molecule has 0 aliphatic heterocycles. The van der Waals surface area contributed by atoms with Crippen LogP contribution < -0.4 is 10.1 Å². The molecule has 2 N–H and O–H groups in total. The minimum atomic E-state index is -0.374. The van der Waals surface area contributed by atoms with Crippen molar-refractivity contribution in [2.24, 2.45) is 0 Å². The number of rotatable bonds is 3. The zero-order valence-corrected chi connectivity index (χ0v) is 12.9. The van der Waals surface area contributed by atoms with Gasteiger partial charge >= 0.3 is 0 Å². The Kier molecular flexibility index (Phi) is 3.68. The van der Waals surface area contributed by atoms with E-state index in [0.29, 0.717) is 11.4 Å². The lowest BCUT2D eigenvalue weighted by Crippen LogP contribution is -2.12. The van der Waals surface area contributed by atoms with Gasteiger partial charge in [0.25, 0.3) is 5.91 Å². The number of hydrogen-bond donors (Lipinski definition) is 2. The number of benzene rings is 2. The third-order valence-corrected chi connectivity index (χ3v) is 4.14. The minimum absolute atomic E-state index is 0.119. The number of hydrogen-bond acceptors (Lipinski definition) is 5. The van der Waals surface area contributed by atoms with E-state index < -0.39 is 0 Å². The third kappa shape index (κ3) is 2.73. The molecule has 0 aliphatic carbocycles. The molecule has 0 saturated carbocycles. The number of nitrogens with one attached hydrogen (secondary N) is 1. The van der Waals surface area contributed by atoms with Crippen molar-refractivity contribution in [3.63, 3.8) is 0 Å². The maximum absolute atomic E-state index is 12.3. The van der Waals surface area contributed by atoms with Crippen molar-refractivity contribution in [2.75, 3.05) is 12.4 Å². The van der Waals surface area contributed by atoms with Gasteiger partial charge in [-0.15, -0.1) is 11.3 Å². The summed E-state index contributed by atoms with van der Waals surface area (Å²) in [4.78, 5) is 16.6. The number of phenolic OH excluding ortho intramolecular Hbond substituents is 1. The molecule has 0 bridgehead atoms. The van der Waals surface area contributed by atoms with Crippen LogP contribution in [-0.4, -0.2) is 23.1 Å². The lowest BCUT2D eigenvalue weighted by atomic mass is 10.1. The smallest absolute Gasteiger partial charge is 0.259 e. The fraction of sp³-hybridized carbons (Fsp3) is 0.125. The van der Waals surface area contributed by atoms with Gasteiger partial charge in [0.2, 0.25) is 0 Å². The average Bonchev–Trinajstić information content (AvgIpc) is 2.86. The van der Waals surface area contributed by atoms with Gasteiger partial charge in [0.1, 0.15) is 11.5 Å². The fourth-order valence-electron chi connectivity index (χ4n) is 2.15. The second kappa shape index (κ2) is 5.65. The Balaban J connectivity index is 1.86. The highest BCUT2D eigenvalue weighted by Crippen LogP contribution is 2.27. The Hall–Kier alpha value is -2.60. The number of amides is 1. The molecule has 0 spiro atoms. The highest BCUT2D eigenvalue weighted by molar-refractivity contribution is 7.18. The van der Waals surface area contributed by atoms with Gasteiger partial charge in [-0.2, -0.15) is 0 Å². The van der Waals surface area contributed by atoms with Gasteiger partial charge in [0.15, 0.2) is 0 Å². The van der Waals surface area contributed by atoms with Crippen LogP contribution >= 0.6 is 11.3 Å². The number of fused-ring (bicyclic) bond motifs is 1. The van der Waals surface area contributed by atoms with Crippen LogP contribution in [0.15, 0.2) is 36.4 Å². The normalized spacial score (nSPS) is 10.6. The SMILES string of the molecule is COc1ccc(C(=O)Nc2ccc3nc(C)sc3c2)c(O)c1. The van der Waals surface area contributed by atoms with E-state index in [2.05, 4.69) is 10.3 Å². The zero-order valence-electron chi connectivity index (χ0n) is 12.1. The molecular formula is C16H14N2O3S. The lowest BCUT2D eigenvalue weighted by Gasteiger charge is -2.08. The molecule has 1 amide bonds. The largest absolute Gasteiger partial charge is 0.507 e. The molecule has 1 heterocycles. The molecule has 0 atom stereocenters. The number of carbonyl (C=O) groups excluding carboxylic acids is 1. The van der Waals surface area contributed by atoms with Crippen molar-refractivity contribution >= 4 is 33.1 Å². The summed E-state index contributed by atoms with van der Waals surface area (Å²) >= 11 is 1.57. The maximum atomic E-state index is 12.3. The number of methoxy groups -OCH3 is 1. The number of aryl methyl sites for hydroxylation is 1. The Labute approximate surface area is 131 Å². The van der Waals surface area contributed by atoms with Crippen molar-refractivity contribution in [1.29, 1.82) is 0 Å². The minimum Gasteiger partial charge on any atom is -0.507 e. The summed E-state index contributed by atoms with van der Waals surface area (Å²) < 4.78 is 6.01. The van der Waals surface area contributed by atoms with Crippen LogP contribution in [0.3, 0.4) is 0 Å². The van der Waals surface area contributed by atoms with Gasteiger partial charge in [0.05, 0.1) is 27.9 Å². The lowest BCUT2D eigenvalue weighted by molar-refractivity contribution is 0.102. The molecule has 3 rings (SSSR count). The maximum Gasteiger partial charge on any atom is 0.259 e. The van der Waals surface area contributed by atoms with E-state index in [1.54, 1.807) is 23.5 Å². The zero-order chi connectivity index (χ0) is 15.7. The quantitative estimate of drug-likeness (QED) is 0.775. The number of anilines is 1. The molecule has 2 aromatic carbocycles. The second-order valence-corrected chi connectivity index (χ2v) is 5.99. The van der Waals surface area contributed by atoms with E-state index in [4.69, 9.17) is 4.74 Å². The number of ether oxygens (including phenoxy) is 1. The Morgan fingerprint density at radius 1 is 1.27 bits per heavy atom. The molecule has 6 heteroatoms. The summed E-state index contributed by atoms with van der Waals surface area (Å²) in [6.07, 6.45) is 0. The summed E-state index contributed by atoms with van der Waals surface area (Å²) in [5.41, 5.74) is 1.77. The van der Waals surface area contributed by atoms with Gasteiger partial charge in [-0.05, 0) is 37.3 Å². The number of thiazole rings is 1. The molecule has 112 valence electrons. The van der Waals surface area contributed by atoms with Crippen LogP contribution in [0.4, 0.5) is 5.69 Å². The first-order valence-corrected chi connectivity index (χ1v) is 7.44. The summed E-state index contributed by atoms with van der Waals surface area (Å²) in [6.45, 7) is 1.94. The van der Waals surface area contributed by atoms with E-state index in [1.165, 1.54) is 19.2 Å². The van der Waals surface area contributed by atoms with E-state index in [0.717, 1.165) is 15.2 Å². The summed E-state index contributed by atoms with van der Waals surface area (Å²) in [5, 5.41) is 13.7. The Morgan fingerprint density at radius 3 is 2.82 bits per heavy atom. The Morgan fingerprint density at radius 2 is 2.09 bits per heavy atom. The van der Waals surface area contributed by atoms with Crippen LogP contribution in [0.1, 0.15) is 15.4 Å². The third-order valence-electron chi connectivity index (χ3n) is 3.20. The monoisotopic (exact) mass is 314 g/mol. The van der Waals surface area contributed by atoms with E-state index in [-0.39, 0.29) is 17.2 Å². The molecule has 3 aromatic rings. The predicted molar refractivity (Wildman–Crippen MR) is 87.0 cm³/mol. The number of nitrogens with zero attached hydrogens (tertiary/aromatic N) is 1. The first kappa shape index (κ1) is 14.3. The predicted octanol–water partition coefficient (Wildman–Crippen LogP) is 3.57. The number of aromatic hydroxyl groups is 1. The molecule has 5 nitrogen and oxygen atoms in total. The van der Waals surface area contributed by atoms with E-state index in [9.17, 15) is 9.90 Å². The van der Waals surface area contributed by atoms with Gasteiger partial charge in [-0.3, -0.25) is 4.79 Å². The summed E-state index contributed by atoms with van der Waals surface area (Å²) in [6, 6.07) is 10.1. The van der Waals surface area contributed by atoms with Crippen molar-refractivity contribution in [3.8, 4) is 11.5 Å². The molecule has 0 unspecified atom stereocenters. The van der Waals surface area contributed by atoms with Crippen molar-refractivity contribution in [1.82, 2.24) is 4.98 Å². The molecule has 1 aromatic heterocycles. The van der Waals surface area contributed by atoms with Crippen LogP contribution in [0.5, 0.6) is 11.5 Å². The van der Waals surface area contributed by atoms with Gasteiger partial charge < -0.3 is 15.2 Å². The molecular weight excluding hydrogens is 300 g/mol. The van der Waals surface area contributed by atoms with Gasteiger partial charge in [-0.25, -0.2) is 4.98 Å². The standard InChI is InChI=1S/C16H14N2O3S/c1-9-17-13-6-3-10(7-15(13)22-9)18-16(20)12-5-4-11(21-2)8-14(12)19/h3-8,19H,1-2H3,(H,18,20). The summed E-state index contributed by atoms with van der Waals surface area (Å²) in [5.74, 6) is 0.00269. The summed E-state index contributed by atoms with van der Waals surface area (Å²) in [7, 11) is 1.50. The highest BCUT2D eigenvalue weighted by Gasteiger charge is 2.13. The first-order valence-electron chi connectivity index (χ1n) is 6.62. The van der Waals surface area contributed by atoms with Gasteiger partial charge in [-0.1, -0.05) is 0 Å². The van der Waals surface area contributed by atoms with Crippen LogP contribution in [0.2, 0.25) is 0 Å². The topological polar surface area (TPSA) is 71.5 Å². The van der Waals surface area contributed by atoms with Crippen LogP contribution in [0, 0.1) is 6.92 Å². The van der Waals surface area contributed by atoms with Crippen molar-refractivity contribution < 1.29 is 14.6 Å². The molecule has 0 saturated heterocycles. The molecule has 22 heavy (non-hydrogen) atoms. The first-order chi connectivity index (χ1) is 10.6. The number of phenols is 1. The molecule has 0 radical (unpaired) electrons. The Bertz CT molecular complexity index is 858. The highest BCUT2D eigenvalue weighted by atomic mass is 32.1. The van der Waals surface area contributed by atoms with Crippen molar-refractivity contribution in [3.05, 3.63) is 47.0 Å². The number of aromatic nitrogens is 1. The second-order valence-electron chi connectivity index (χ2n) is 4.75. The molecule has 0 fully saturated rings. The molecule has 0 aliphatic rings.